The van der Waals surface area contributed by atoms with E-state index in [1.165, 1.54) is 6.08 Å². The zero-order chi connectivity index (χ0) is 21.2. The maximum Gasteiger partial charge on any atom is 0.416 e. The van der Waals surface area contributed by atoms with Crippen LogP contribution in [-0.4, -0.2) is 61.2 Å². The predicted octanol–water partition coefficient (Wildman–Crippen LogP) is 4.23. The summed E-state index contributed by atoms with van der Waals surface area (Å²) >= 11 is 7.95. The molecule has 2 aliphatic rings. The number of rotatable bonds is 3. The van der Waals surface area contributed by atoms with E-state index in [-0.39, 0.29) is 5.57 Å². The van der Waals surface area contributed by atoms with Crippen LogP contribution in [-0.2, 0) is 0 Å². The fourth-order valence-electron chi connectivity index (χ4n) is 3.11. The molecule has 0 bridgehead atoms. The molecule has 4 nitrogen and oxygen atoms in total. The van der Waals surface area contributed by atoms with Crippen LogP contribution in [0.1, 0.15) is 10.4 Å². The van der Waals surface area contributed by atoms with Crippen molar-refractivity contribution in [2.24, 2.45) is 0 Å². The Labute approximate surface area is 186 Å². The van der Waals surface area contributed by atoms with E-state index < -0.39 is 23.7 Å². The maximum absolute atomic E-state index is 13.6. The molecule has 1 saturated heterocycles. The second-order valence-electron chi connectivity index (χ2n) is 6.99. The molecule has 1 heterocycles. The summed E-state index contributed by atoms with van der Waals surface area (Å²) in [4.78, 5) is 16.5. The quantitative estimate of drug-likeness (QED) is 0.587. The van der Waals surface area contributed by atoms with Crippen LogP contribution in [0.4, 0.5) is 13.2 Å². The maximum atomic E-state index is 13.6. The number of nitrogens with one attached hydrogen (secondary N) is 1. The van der Waals surface area contributed by atoms with Gasteiger partial charge in [-0.3, -0.25) is 4.79 Å². The lowest BCUT2D eigenvalue weighted by Gasteiger charge is -2.32. The van der Waals surface area contributed by atoms with Crippen LogP contribution in [0.15, 0.2) is 53.8 Å². The number of hydrogen-bond acceptors (Lipinski definition) is 3. The SMILES string of the molecule is CN1CCN(/C=C2\C=CC(NC(=O)c3ccc(Cl)c(I)c3)C=C2C(F)(F)F)CC1. The zero-order valence-corrected chi connectivity index (χ0v) is 18.6. The van der Waals surface area contributed by atoms with Gasteiger partial charge >= 0.3 is 6.18 Å². The molecule has 0 aromatic heterocycles. The Bertz CT molecular complexity index is 874. The first-order chi connectivity index (χ1) is 13.6. The van der Waals surface area contributed by atoms with E-state index in [1.54, 1.807) is 30.5 Å². The van der Waals surface area contributed by atoms with E-state index in [0.29, 0.717) is 27.2 Å². The molecule has 1 aliphatic carbocycles. The Hall–Kier alpha value is -1.52. The molecule has 29 heavy (non-hydrogen) atoms. The highest BCUT2D eigenvalue weighted by Gasteiger charge is 2.37. The zero-order valence-electron chi connectivity index (χ0n) is 15.6. The number of amides is 1. The summed E-state index contributed by atoms with van der Waals surface area (Å²) < 4.78 is 41.6. The fourth-order valence-corrected chi connectivity index (χ4v) is 3.74. The van der Waals surface area contributed by atoms with Gasteiger partial charge in [-0.25, -0.2) is 0 Å². The van der Waals surface area contributed by atoms with Gasteiger partial charge < -0.3 is 15.1 Å². The number of benzene rings is 1. The molecule has 1 atom stereocenters. The predicted molar refractivity (Wildman–Crippen MR) is 116 cm³/mol. The minimum Gasteiger partial charge on any atom is -0.374 e. The number of allylic oxidation sites excluding steroid dienone is 3. The molecule has 156 valence electrons. The standard InChI is InChI=1S/C20H20ClF3IN3O/c1-27-6-8-28(9-7-27)12-14-2-4-15(11-16(14)20(22,23)24)26-19(29)13-3-5-17(21)18(25)10-13/h2-5,10-12,15H,6-9H2,1H3,(H,26,29)/b14-12+. The molecule has 1 amide bonds. The van der Waals surface area contributed by atoms with Crippen LogP contribution in [0, 0.1) is 3.57 Å². The Balaban J connectivity index is 1.77. The smallest absolute Gasteiger partial charge is 0.374 e. The Morgan fingerprint density at radius 1 is 1.28 bits per heavy atom. The molecule has 1 unspecified atom stereocenters. The minimum atomic E-state index is -4.51. The third-order valence-electron chi connectivity index (χ3n) is 4.78. The number of alkyl halides is 3. The second-order valence-corrected chi connectivity index (χ2v) is 8.56. The highest BCUT2D eigenvalue weighted by molar-refractivity contribution is 14.1. The van der Waals surface area contributed by atoms with Gasteiger partial charge in [0.05, 0.1) is 16.6 Å². The van der Waals surface area contributed by atoms with Crippen molar-refractivity contribution in [1.29, 1.82) is 0 Å². The number of carbonyl (C=O) groups excluding carboxylic acids is 1. The van der Waals surface area contributed by atoms with Gasteiger partial charge in [-0.2, -0.15) is 13.2 Å². The van der Waals surface area contributed by atoms with E-state index in [0.717, 1.165) is 19.2 Å². The van der Waals surface area contributed by atoms with Crippen molar-refractivity contribution in [2.45, 2.75) is 12.2 Å². The molecule has 0 radical (unpaired) electrons. The molecule has 1 aromatic carbocycles. The number of halogens is 5. The number of carbonyl (C=O) groups is 1. The van der Waals surface area contributed by atoms with Gasteiger partial charge in [0.2, 0.25) is 0 Å². The number of hydrogen-bond donors (Lipinski definition) is 1. The number of nitrogens with zero attached hydrogens (tertiary/aromatic N) is 2. The third-order valence-corrected chi connectivity index (χ3v) is 6.33. The Kier molecular flexibility index (Phi) is 6.95. The largest absolute Gasteiger partial charge is 0.416 e. The van der Waals surface area contributed by atoms with Crippen LogP contribution in [0.25, 0.3) is 0 Å². The van der Waals surface area contributed by atoms with Crippen molar-refractivity contribution in [3.63, 3.8) is 0 Å². The van der Waals surface area contributed by atoms with E-state index in [1.807, 2.05) is 34.5 Å². The second kappa shape index (κ2) is 9.09. The molecular weight excluding hydrogens is 518 g/mol. The van der Waals surface area contributed by atoms with Crippen molar-refractivity contribution >= 4 is 40.1 Å². The first-order valence-corrected chi connectivity index (χ1v) is 10.5. The lowest BCUT2D eigenvalue weighted by atomic mass is 9.96. The highest BCUT2D eigenvalue weighted by Crippen LogP contribution is 2.34. The van der Waals surface area contributed by atoms with Gasteiger partial charge in [0, 0.05) is 47.1 Å². The summed E-state index contributed by atoms with van der Waals surface area (Å²) in [6.07, 6.45) is 1.10. The highest BCUT2D eigenvalue weighted by atomic mass is 127. The first-order valence-electron chi connectivity index (χ1n) is 9.01. The number of piperazine rings is 1. The molecule has 1 aliphatic heterocycles. The van der Waals surface area contributed by atoms with Crippen molar-refractivity contribution in [3.8, 4) is 0 Å². The molecular formula is C20H20ClF3IN3O. The summed E-state index contributed by atoms with van der Waals surface area (Å²) in [6, 6.07) is 3.87. The van der Waals surface area contributed by atoms with Gasteiger partial charge in [0.25, 0.3) is 5.91 Å². The van der Waals surface area contributed by atoms with Gasteiger partial charge in [0.1, 0.15) is 0 Å². The summed E-state index contributed by atoms with van der Waals surface area (Å²) in [5.41, 5.74) is -0.295. The van der Waals surface area contributed by atoms with Crippen molar-refractivity contribution in [3.05, 3.63) is 67.9 Å². The molecule has 9 heteroatoms. The summed E-state index contributed by atoms with van der Waals surface area (Å²) in [7, 11) is 1.99. The van der Waals surface area contributed by atoms with E-state index >= 15 is 0 Å². The third kappa shape index (κ3) is 5.76. The average molecular weight is 538 g/mol. The molecule has 0 spiro atoms. The van der Waals surface area contributed by atoms with Crippen LogP contribution in [0.2, 0.25) is 5.02 Å². The van der Waals surface area contributed by atoms with Gasteiger partial charge in [-0.1, -0.05) is 23.8 Å². The fraction of sp³-hybridized carbons (Fsp3) is 0.350. The lowest BCUT2D eigenvalue weighted by molar-refractivity contribution is -0.0895. The van der Waals surface area contributed by atoms with Crippen molar-refractivity contribution in [1.82, 2.24) is 15.1 Å². The normalized spacial score (nSPS) is 22.0. The number of likely N-dealkylation sites (N-methyl/N-ethyl adjacent to an activating group) is 1. The molecule has 1 aromatic rings. The van der Waals surface area contributed by atoms with Crippen LogP contribution >= 0.6 is 34.2 Å². The van der Waals surface area contributed by atoms with Crippen LogP contribution in [0.3, 0.4) is 0 Å². The topological polar surface area (TPSA) is 35.6 Å². The van der Waals surface area contributed by atoms with E-state index in [9.17, 15) is 18.0 Å². The summed E-state index contributed by atoms with van der Waals surface area (Å²) in [5, 5.41) is 3.13. The van der Waals surface area contributed by atoms with Crippen LogP contribution in [0.5, 0.6) is 0 Å². The van der Waals surface area contributed by atoms with Gasteiger partial charge in [-0.15, -0.1) is 0 Å². The van der Waals surface area contributed by atoms with Gasteiger partial charge in [0.15, 0.2) is 0 Å². The van der Waals surface area contributed by atoms with E-state index in [2.05, 4.69) is 10.2 Å². The van der Waals surface area contributed by atoms with Crippen LogP contribution < -0.4 is 5.32 Å². The van der Waals surface area contributed by atoms with E-state index in [4.69, 9.17) is 11.6 Å². The average Bonchev–Trinajstić information content (AvgIpc) is 2.66. The first kappa shape index (κ1) is 22.2. The summed E-state index contributed by atoms with van der Waals surface area (Å²) in [5.74, 6) is -0.460. The molecule has 1 N–H and O–H groups in total. The van der Waals surface area contributed by atoms with Crippen molar-refractivity contribution < 1.29 is 18.0 Å². The monoisotopic (exact) mass is 537 g/mol. The minimum absolute atomic E-state index is 0.105. The molecule has 1 fully saturated rings. The van der Waals surface area contributed by atoms with Gasteiger partial charge in [-0.05, 0) is 53.9 Å². The Morgan fingerprint density at radius 3 is 2.59 bits per heavy atom. The Morgan fingerprint density at radius 2 is 1.97 bits per heavy atom. The lowest BCUT2D eigenvalue weighted by Crippen LogP contribution is -2.42. The van der Waals surface area contributed by atoms with Crippen molar-refractivity contribution in [2.75, 3.05) is 33.2 Å². The molecule has 3 rings (SSSR count). The summed E-state index contributed by atoms with van der Waals surface area (Å²) in [6.45, 7) is 2.96. The molecule has 0 saturated carbocycles.